The van der Waals surface area contributed by atoms with Crippen LogP contribution in [0.3, 0.4) is 0 Å². The van der Waals surface area contributed by atoms with E-state index in [0.717, 1.165) is 17.7 Å². The molecule has 1 heterocycles. The van der Waals surface area contributed by atoms with Crippen molar-refractivity contribution >= 4 is 36.0 Å². The Balaban J connectivity index is 0.00000512. The average molecular weight is 553 g/mol. The molecule has 1 amide bonds. The standard InChI is InChI=1S/C24H35N5O2.HI/c1-17(2)18-9-11-19(12-10-18)21(29-23(30)31-24(3,4)5)16-28-22(25)27-15-13-20-8-6-7-14-26-20;/h6-12,14,17,21H,13,15-16H2,1-5H3,(H,29,30)(H3,25,27,28);1H. The summed E-state index contributed by atoms with van der Waals surface area (Å²) in [5.41, 5.74) is 8.62. The number of pyridine rings is 1. The van der Waals surface area contributed by atoms with Gasteiger partial charge in [-0.15, -0.1) is 24.0 Å². The van der Waals surface area contributed by atoms with Crippen LogP contribution in [0, 0.1) is 0 Å². The number of aliphatic imine (C=N–C) groups is 1. The Hall–Kier alpha value is -2.36. The number of amides is 1. The van der Waals surface area contributed by atoms with Gasteiger partial charge in [-0.2, -0.15) is 0 Å². The fourth-order valence-electron chi connectivity index (χ4n) is 2.91. The summed E-state index contributed by atoms with van der Waals surface area (Å²) in [4.78, 5) is 21.1. The van der Waals surface area contributed by atoms with Gasteiger partial charge in [0.15, 0.2) is 5.96 Å². The summed E-state index contributed by atoms with van der Waals surface area (Å²) in [7, 11) is 0. The molecule has 0 aliphatic rings. The summed E-state index contributed by atoms with van der Waals surface area (Å²) in [6, 6.07) is 13.6. The zero-order chi connectivity index (χ0) is 22.9. The normalized spacial score (nSPS) is 12.6. The van der Waals surface area contributed by atoms with Gasteiger partial charge in [-0.1, -0.05) is 44.2 Å². The van der Waals surface area contributed by atoms with Crippen LogP contribution >= 0.6 is 24.0 Å². The predicted octanol–water partition coefficient (Wildman–Crippen LogP) is 4.54. The van der Waals surface area contributed by atoms with Crippen LogP contribution in [-0.4, -0.2) is 35.7 Å². The van der Waals surface area contributed by atoms with Crippen LogP contribution in [-0.2, 0) is 11.2 Å². The first-order valence-electron chi connectivity index (χ1n) is 10.7. The van der Waals surface area contributed by atoms with E-state index in [4.69, 9.17) is 10.5 Å². The van der Waals surface area contributed by atoms with Crippen LogP contribution in [0.5, 0.6) is 0 Å². The van der Waals surface area contributed by atoms with E-state index in [1.807, 2.05) is 51.1 Å². The SMILES string of the molecule is CC(C)c1ccc(C(CN=C(N)NCCc2ccccn2)NC(=O)OC(C)(C)C)cc1.I. The molecule has 0 spiro atoms. The van der Waals surface area contributed by atoms with Gasteiger partial charge in [-0.25, -0.2) is 4.79 Å². The minimum absolute atomic E-state index is 0. The van der Waals surface area contributed by atoms with Gasteiger partial charge in [0.2, 0.25) is 0 Å². The first-order chi connectivity index (χ1) is 14.6. The van der Waals surface area contributed by atoms with Crippen molar-refractivity contribution in [3.05, 3.63) is 65.5 Å². The fourth-order valence-corrected chi connectivity index (χ4v) is 2.91. The quantitative estimate of drug-likeness (QED) is 0.253. The summed E-state index contributed by atoms with van der Waals surface area (Å²) in [5.74, 6) is 0.758. The molecule has 4 N–H and O–H groups in total. The number of halogens is 1. The van der Waals surface area contributed by atoms with Crippen molar-refractivity contribution in [2.45, 2.75) is 58.6 Å². The third kappa shape index (κ3) is 10.3. The fraction of sp³-hybridized carbons (Fsp3) is 0.458. The number of rotatable bonds is 8. The molecule has 0 saturated carbocycles. The lowest BCUT2D eigenvalue weighted by Gasteiger charge is -2.23. The Labute approximate surface area is 208 Å². The third-order valence-electron chi connectivity index (χ3n) is 4.55. The van der Waals surface area contributed by atoms with E-state index in [1.165, 1.54) is 5.56 Å². The Morgan fingerprint density at radius 3 is 2.34 bits per heavy atom. The topological polar surface area (TPSA) is 102 Å². The first kappa shape index (κ1) is 27.7. The molecule has 8 heteroatoms. The van der Waals surface area contributed by atoms with Crippen LogP contribution in [0.4, 0.5) is 4.79 Å². The number of ether oxygens (including phenoxy) is 1. The maximum atomic E-state index is 12.4. The lowest BCUT2D eigenvalue weighted by molar-refractivity contribution is 0.0505. The Morgan fingerprint density at radius 1 is 1.12 bits per heavy atom. The summed E-state index contributed by atoms with van der Waals surface area (Å²) >= 11 is 0. The minimum Gasteiger partial charge on any atom is -0.444 e. The van der Waals surface area contributed by atoms with Gasteiger partial charge in [-0.05, 0) is 49.9 Å². The lowest BCUT2D eigenvalue weighted by atomic mass is 9.99. The number of nitrogens with two attached hydrogens (primary N) is 1. The molecule has 0 fully saturated rings. The average Bonchev–Trinajstić information content (AvgIpc) is 2.70. The van der Waals surface area contributed by atoms with Crippen molar-refractivity contribution in [3.8, 4) is 0 Å². The molecule has 1 aromatic heterocycles. The van der Waals surface area contributed by atoms with Crippen LogP contribution in [0.1, 0.15) is 63.4 Å². The van der Waals surface area contributed by atoms with Gasteiger partial charge in [0.05, 0.1) is 12.6 Å². The molecule has 0 aliphatic heterocycles. The van der Waals surface area contributed by atoms with Crippen molar-refractivity contribution in [1.82, 2.24) is 15.6 Å². The van der Waals surface area contributed by atoms with E-state index < -0.39 is 11.7 Å². The predicted molar refractivity (Wildman–Crippen MR) is 140 cm³/mol. The summed E-state index contributed by atoms with van der Waals surface area (Å²) in [6.45, 7) is 10.7. The zero-order valence-electron chi connectivity index (χ0n) is 19.6. The van der Waals surface area contributed by atoms with Crippen LogP contribution < -0.4 is 16.4 Å². The Morgan fingerprint density at radius 2 is 1.78 bits per heavy atom. The molecule has 2 aromatic rings. The molecular formula is C24H36IN5O2. The smallest absolute Gasteiger partial charge is 0.408 e. The summed E-state index contributed by atoms with van der Waals surface area (Å²) in [5, 5.41) is 6.01. The number of carbonyl (C=O) groups is 1. The second kappa shape index (κ2) is 13.2. The second-order valence-corrected chi connectivity index (χ2v) is 8.74. The van der Waals surface area contributed by atoms with E-state index >= 15 is 0 Å². The Kier molecular flexibility index (Phi) is 11.5. The summed E-state index contributed by atoms with van der Waals surface area (Å²) in [6.07, 6.45) is 2.03. The summed E-state index contributed by atoms with van der Waals surface area (Å²) < 4.78 is 5.42. The highest BCUT2D eigenvalue weighted by Crippen LogP contribution is 2.20. The number of hydrogen-bond acceptors (Lipinski definition) is 4. The molecule has 0 saturated heterocycles. The molecule has 7 nitrogen and oxygen atoms in total. The molecule has 1 aromatic carbocycles. The van der Waals surface area contributed by atoms with Gasteiger partial charge in [-0.3, -0.25) is 9.98 Å². The molecule has 0 aliphatic carbocycles. The van der Waals surface area contributed by atoms with Crippen molar-refractivity contribution in [2.24, 2.45) is 10.7 Å². The first-order valence-corrected chi connectivity index (χ1v) is 10.7. The Bertz CT molecular complexity index is 849. The number of aromatic nitrogens is 1. The van der Waals surface area contributed by atoms with Gasteiger partial charge < -0.3 is 21.1 Å². The molecule has 1 unspecified atom stereocenters. The van der Waals surface area contributed by atoms with Crippen LogP contribution in [0.25, 0.3) is 0 Å². The maximum absolute atomic E-state index is 12.4. The van der Waals surface area contributed by atoms with Gasteiger partial charge in [0, 0.05) is 24.9 Å². The minimum atomic E-state index is -0.578. The lowest BCUT2D eigenvalue weighted by Crippen LogP contribution is -2.37. The van der Waals surface area contributed by atoms with E-state index in [-0.39, 0.29) is 30.0 Å². The zero-order valence-corrected chi connectivity index (χ0v) is 21.9. The molecule has 32 heavy (non-hydrogen) atoms. The number of benzene rings is 1. The highest BCUT2D eigenvalue weighted by atomic mass is 127. The van der Waals surface area contributed by atoms with Crippen molar-refractivity contribution in [2.75, 3.05) is 13.1 Å². The molecular weight excluding hydrogens is 517 g/mol. The highest BCUT2D eigenvalue weighted by molar-refractivity contribution is 14.0. The van der Waals surface area contributed by atoms with E-state index in [1.54, 1.807) is 6.20 Å². The van der Waals surface area contributed by atoms with Gasteiger partial charge in [0.1, 0.15) is 5.60 Å². The molecule has 1 atom stereocenters. The number of hydrogen-bond donors (Lipinski definition) is 3. The third-order valence-corrected chi connectivity index (χ3v) is 4.55. The van der Waals surface area contributed by atoms with Crippen LogP contribution in [0.2, 0.25) is 0 Å². The highest BCUT2D eigenvalue weighted by Gasteiger charge is 2.20. The number of nitrogens with one attached hydrogen (secondary N) is 2. The molecule has 0 radical (unpaired) electrons. The molecule has 176 valence electrons. The van der Waals surface area contributed by atoms with Crippen molar-refractivity contribution < 1.29 is 9.53 Å². The maximum Gasteiger partial charge on any atom is 0.408 e. The number of guanidine groups is 1. The largest absolute Gasteiger partial charge is 0.444 e. The monoisotopic (exact) mass is 553 g/mol. The molecule has 2 rings (SSSR count). The second-order valence-electron chi connectivity index (χ2n) is 8.74. The van der Waals surface area contributed by atoms with Crippen molar-refractivity contribution in [3.63, 3.8) is 0 Å². The molecule has 0 bridgehead atoms. The van der Waals surface area contributed by atoms with E-state index in [2.05, 4.69) is 46.6 Å². The van der Waals surface area contributed by atoms with Crippen molar-refractivity contribution in [1.29, 1.82) is 0 Å². The number of alkyl carbamates (subject to hydrolysis) is 1. The number of carbonyl (C=O) groups excluding carboxylic acids is 1. The van der Waals surface area contributed by atoms with E-state index in [9.17, 15) is 4.79 Å². The van der Waals surface area contributed by atoms with Crippen LogP contribution in [0.15, 0.2) is 53.7 Å². The number of nitrogens with zero attached hydrogens (tertiary/aromatic N) is 2. The van der Waals surface area contributed by atoms with Gasteiger partial charge >= 0.3 is 6.09 Å². The van der Waals surface area contributed by atoms with Gasteiger partial charge in [0.25, 0.3) is 0 Å². The van der Waals surface area contributed by atoms with E-state index in [0.29, 0.717) is 25.0 Å².